The second-order valence-electron chi connectivity index (χ2n) is 11.2. The molecule has 4 saturated carbocycles. The number of benzene rings is 2. The van der Waals surface area contributed by atoms with Crippen LogP contribution < -0.4 is 15.0 Å². The van der Waals surface area contributed by atoms with Crippen molar-refractivity contribution in [1.29, 1.82) is 0 Å². The van der Waals surface area contributed by atoms with Crippen LogP contribution >= 0.6 is 27.5 Å². The molecule has 4 amide bonds. The Kier molecular flexibility index (Phi) is 6.54. The van der Waals surface area contributed by atoms with Crippen LogP contribution in [0.15, 0.2) is 46.4 Å². The first-order chi connectivity index (χ1) is 18.6. The Morgan fingerprint density at radius 2 is 1.69 bits per heavy atom. The van der Waals surface area contributed by atoms with Crippen molar-refractivity contribution in [2.45, 2.75) is 43.9 Å². The Balaban J connectivity index is 1.26. The van der Waals surface area contributed by atoms with E-state index in [2.05, 4.69) is 21.2 Å². The van der Waals surface area contributed by atoms with E-state index in [1.165, 1.54) is 62.3 Å². The second-order valence-corrected chi connectivity index (χ2v) is 12.5. The van der Waals surface area contributed by atoms with Crippen LogP contribution in [0.1, 0.15) is 49.7 Å². The molecule has 1 aliphatic heterocycles. The summed E-state index contributed by atoms with van der Waals surface area (Å²) in [4.78, 5) is 50.6. The summed E-state index contributed by atoms with van der Waals surface area (Å²) in [6, 6.07) is 9.84. The van der Waals surface area contributed by atoms with Crippen molar-refractivity contribution in [2.75, 3.05) is 11.5 Å². The van der Waals surface area contributed by atoms with E-state index in [0.29, 0.717) is 15.7 Å². The molecule has 7 rings (SSSR count). The first-order valence-electron chi connectivity index (χ1n) is 13.0. The van der Waals surface area contributed by atoms with Gasteiger partial charge >= 0.3 is 12.0 Å². The zero-order valence-corrected chi connectivity index (χ0v) is 23.3. The number of nitrogens with zero attached hydrogens (tertiary/aromatic N) is 1. The van der Waals surface area contributed by atoms with Gasteiger partial charge < -0.3 is 9.84 Å². The SMILES string of the molecule is O=C(O)COc1c(Cl)cc(/C=C2\C(=O)NC(=O)N(c3ccc(C45CC6CC(CC(C6)C4)C5)cc3)C2=O)cc1Br. The Morgan fingerprint density at radius 1 is 1.08 bits per heavy atom. The first-order valence-corrected chi connectivity index (χ1v) is 14.1. The van der Waals surface area contributed by atoms with E-state index in [4.69, 9.17) is 21.4 Å². The van der Waals surface area contributed by atoms with E-state index >= 15 is 0 Å². The molecule has 1 heterocycles. The summed E-state index contributed by atoms with van der Waals surface area (Å²) in [6.45, 7) is -0.585. The molecule has 10 heteroatoms. The standard InChI is InChI=1S/C29H26BrClN2O6/c30-22-9-15(10-23(31)25(22)39-14-24(34)35)8-21-26(36)32-28(38)33(27(21)37)20-3-1-19(2-4-20)29-11-16-5-17(12-29)7-18(6-16)13-29/h1-4,8-10,16-18H,5-7,11-14H2,(H,34,35)(H,32,36,38)/b21-8+. The van der Waals surface area contributed by atoms with Crippen LogP contribution in [0.5, 0.6) is 5.75 Å². The zero-order chi connectivity index (χ0) is 27.5. The van der Waals surface area contributed by atoms with E-state index in [9.17, 15) is 19.2 Å². The number of halogens is 2. The molecular formula is C29H26BrClN2O6. The summed E-state index contributed by atoms with van der Waals surface area (Å²) in [6.07, 6.45) is 9.01. The number of ether oxygens (including phenoxy) is 1. The van der Waals surface area contributed by atoms with E-state index < -0.39 is 30.4 Å². The summed E-state index contributed by atoms with van der Waals surface area (Å²) >= 11 is 9.54. The van der Waals surface area contributed by atoms with Crippen molar-refractivity contribution >= 4 is 63.1 Å². The normalized spacial score (nSPS) is 28.7. The Hall–Kier alpha value is -3.17. The number of hydrogen-bond donors (Lipinski definition) is 2. The molecule has 2 aromatic rings. The van der Waals surface area contributed by atoms with Gasteiger partial charge in [0.2, 0.25) is 0 Å². The van der Waals surface area contributed by atoms with Crippen molar-refractivity contribution in [2.24, 2.45) is 17.8 Å². The van der Waals surface area contributed by atoms with Gasteiger partial charge in [0.1, 0.15) is 5.57 Å². The van der Waals surface area contributed by atoms with Crippen LogP contribution in [0.3, 0.4) is 0 Å². The Bertz CT molecular complexity index is 1380. The zero-order valence-electron chi connectivity index (χ0n) is 20.9. The highest BCUT2D eigenvalue weighted by Crippen LogP contribution is 2.60. The molecule has 0 aromatic heterocycles. The lowest BCUT2D eigenvalue weighted by molar-refractivity contribution is -0.139. The molecule has 0 unspecified atom stereocenters. The number of carboxylic acid groups (broad SMARTS) is 1. The molecular weight excluding hydrogens is 588 g/mol. The molecule has 1 saturated heterocycles. The molecule has 0 radical (unpaired) electrons. The summed E-state index contributed by atoms with van der Waals surface area (Å²) in [5.74, 6) is -0.197. The van der Waals surface area contributed by atoms with E-state index in [1.807, 2.05) is 12.1 Å². The van der Waals surface area contributed by atoms with Crippen LogP contribution in [0.4, 0.5) is 10.5 Å². The van der Waals surface area contributed by atoms with Gasteiger partial charge in [-0.25, -0.2) is 14.5 Å². The molecule has 39 heavy (non-hydrogen) atoms. The number of urea groups is 1. The third-order valence-corrected chi connectivity index (χ3v) is 9.42. The third-order valence-electron chi connectivity index (χ3n) is 8.55. The summed E-state index contributed by atoms with van der Waals surface area (Å²) in [7, 11) is 0. The van der Waals surface area contributed by atoms with Crippen LogP contribution in [0.2, 0.25) is 5.02 Å². The minimum absolute atomic E-state index is 0.0920. The number of carbonyl (C=O) groups is 4. The van der Waals surface area contributed by atoms with Gasteiger partial charge in [-0.05, 0) is 119 Å². The number of rotatable bonds is 6. The number of nitrogens with one attached hydrogen (secondary N) is 1. The monoisotopic (exact) mass is 612 g/mol. The molecule has 5 aliphatic rings. The molecule has 0 spiro atoms. The van der Waals surface area contributed by atoms with E-state index in [-0.39, 0.29) is 21.8 Å². The van der Waals surface area contributed by atoms with Crippen LogP contribution in [0.25, 0.3) is 6.08 Å². The van der Waals surface area contributed by atoms with E-state index in [0.717, 1.165) is 22.7 Å². The molecule has 5 fully saturated rings. The number of amides is 4. The summed E-state index contributed by atoms with van der Waals surface area (Å²) < 4.78 is 5.54. The molecule has 202 valence electrons. The van der Waals surface area contributed by atoms with Gasteiger partial charge in [0.25, 0.3) is 11.8 Å². The number of hydrogen-bond acceptors (Lipinski definition) is 5. The summed E-state index contributed by atoms with van der Waals surface area (Å²) in [5, 5.41) is 11.2. The fourth-order valence-corrected chi connectivity index (χ4v) is 8.41. The maximum atomic E-state index is 13.4. The highest BCUT2D eigenvalue weighted by Gasteiger charge is 2.51. The Labute approximate surface area is 238 Å². The van der Waals surface area contributed by atoms with Gasteiger partial charge in [0, 0.05) is 0 Å². The number of aliphatic carboxylic acids is 1. The van der Waals surface area contributed by atoms with Gasteiger partial charge in [-0.15, -0.1) is 0 Å². The molecule has 0 atom stereocenters. The van der Waals surface area contributed by atoms with Gasteiger partial charge in [-0.3, -0.25) is 14.9 Å². The molecule has 2 N–H and O–H groups in total. The maximum Gasteiger partial charge on any atom is 0.341 e. The quantitative estimate of drug-likeness (QED) is 0.319. The fourth-order valence-electron chi connectivity index (χ4n) is 7.42. The van der Waals surface area contributed by atoms with Crippen LogP contribution in [0, 0.1) is 17.8 Å². The minimum Gasteiger partial charge on any atom is -0.479 e. The van der Waals surface area contributed by atoms with Crippen molar-refractivity contribution < 1.29 is 29.0 Å². The van der Waals surface area contributed by atoms with Gasteiger partial charge in [0.15, 0.2) is 12.4 Å². The number of anilines is 1. The van der Waals surface area contributed by atoms with Gasteiger partial charge in [-0.2, -0.15) is 0 Å². The van der Waals surface area contributed by atoms with Crippen molar-refractivity contribution in [3.63, 3.8) is 0 Å². The lowest BCUT2D eigenvalue weighted by Crippen LogP contribution is -2.54. The minimum atomic E-state index is -1.16. The van der Waals surface area contributed by atoms with Gasteiger partial charge in [-0.1, -0.05) is 23.7 Å². The highest BCUT2D eigenvalue weighted by molar-refractivity contribution is 9.10. The lowest BCUT2D eigenvalue weighted by Gasteiger charge is -2.57. The molecule has 8 nitrogen and oxygen atoms in total. The molecule has 4 aliphatic carbocycles. The smallest absolute Gasteiger partial charge is 0.341 e. The number of imide groups is 2. The Morgan fingerprint density at radius 3 is 2.26 bits per heavy atom. The van der Waals surface area contributed by atoms with Crippen LogP contribution in [-0.2, 0) is 19.8 Å². The molecule has 4 bridgehead atoms. The average Bonchev–Trinajstić information content (AvgIpc) is 2.85. The fraction of sp³-hybridized carbons (Fsp3) is 0.379. The highest BCUT2D eigenvalue weighted by atomic mass is 79.9. The largest absolute Gasteiger partial charge is 0.479 e. The third kappa shape index (κ3) is 4.76. The number of carbonyl (C=O) groups excluding carboxylic acids is 3. The topological polar surface area (TPSA) is 113 Å². The van der Waals surface area contributed by atoms with Crippen LogP contribution in [-0.4, -0.2) is 35.5 Å². The second kappa shape index (κ2) is 9.78. The average molecular weight is 614 g/mol. The predicted molar refractivity (Wildman–Crippen MR) is 148 cm³/mol. The number of barbiturate groups is 1. The van der Waals surface area contributed by atoms with E-state index in [1.54, 1.807) is 12.1 Å². The van der Waals surface area contributed by atoms with Crippen molar-refractivity contribution in [1.82, 2.24) is 5.32 Å². The first kappa shape index (κ1) is 26.1. The number of carboxylic acids is 1. The molecule has 2 aromatic carbocycles. The van der Waals surface area contributed by atoms with Crippen molar-refractivity contribution in [3.05, 3.63) is 62.6 Å². The predicted octanol–water partition coefficient (Wildman–Crippen LogP) is 5.70. The summed E-state index contributed by atoms with van der Waals surface area (Å²) in [5.41, 5.74) is 2.00. The van der Waals surface area contributed by atoms with Gasteiger partial charge in [0.05, 0.1) is 15.2 Å². The van der Waals surface area contributed by atoms with Crippen molar-refractivity contribution in [3.8, 4) is 5.75 Å². The maximum absolute atomic E-state index is 13.4. The lowest BCUT2D eigenvalue weighted by atomic mass is 9.48.